The van der Waals surface area contributed by atoms with Gasteiger partial charge in [-0.2, -0.15) is 0 Å². The summed E-state index contributed by atoms with van der Waals surface area (Å²) in [5.74, 6) is 1.21. The van der Waals surface area contributed by atoms with Crippen LogP contribution >= 0.6 is 11.6 Å². The molecular formula is C14H14ClNO3. The molecule has 0 radical (unpaired) electrons. The molecule has 1 aromatic heterocycles. The predicted molar refractivity (Wildman–Crippen MR) is 73.6 cm³/mol. The lowest BCUT2D eigenvalue weighted by molar-refractivity contribution is 0.0602. The summed E-state index contributed by atoms with van der Waals surface area (Å²) in [6.07, 6.45) is 0. The second-order valence-electron chi connectivity index (χ2n) is 4.05. The third-order valence-electron chi connectivity index (χ3n) is 2.64. The molecule has 0 aliphatic carbocycles. The first kappa shape index (κ1) is 13.5. The van der Waals surface area contributed by atoms with Crippen LogP contribution in [0, 0.1) is 6.92 Å². The van der Waals surface area contributed by atoms with Crippen LogP contribution < -0.4 is 5.32 Å². The Labute approximate surface area is 116 Å². The van der Waals surface area contributed by atoms with Crippen molar-refractivity contribution in [2.24, 2.45) is 0 Å². The van der Waals surface area contributed by atoms with E-state index in [0.717, 1.165) is 11.5 Å². The Bertz CT molecular complexity index is 592. The Hall–Kier alpha value is -1.94. The van der Waals surface area contributed by atoms with Gasteiger partial charge in [0.2, 0.25) is 0 Å². The Morgan fingerprint density at radius 3 is 2.79 bits per heavy atom. The highest BCUT2D eigenvalue weighted by molar-refractivity contribution is 6.31. The van der Waals surface area contributed by atoms with Crippen LogP contribution in [-0.2, 0) is 11.3 Å². The van der Waals surface area contributed by atoms with Crippen molar-refractivity contribution in [3.8, 4) is 0 Å². The second kappa shape index (κ2) is 5.80. The van der Waals surface area contributed by atoms with Gasteiger partial charge in [0.15, 0.2) is 0 Å². The number of hydrogen-bond donors (Lipinski definition) is 1. The largest absolute Gasteiger partial charge is 0.465 e. The lowest BCUT2D eigenvalue weighted by Gasteiger charge is -2.10. The highest BCUT2D eigenvalue weighted by atomic mass is 35.5. The van der Waals surface area contributed by atoms with Gasteiger partial charge < -0.3 is 14.5 Å². The summed E-state index contributed by atoms with van der Waals surface area (Å²) < 4.78 is 10.2. The van der Waals surface area contributed by atoms with Gasteiger partial charge in [-0.3, -0.25) is 0 Å². The highest BCUT2D eigenvalue weighted by Crippen LogP contribution is 2.22. The Balaban J connectivity index is 2.17. The SMILES string of the molecule is COC(=O)c1cc(Cl)ccc1NCc1ccc(C)o1. The van der Waals surface area contributed by atoms with E-state index < -0.39 is 5.97 Å². The molecule has 0 fully saturated rings. The van der Waals surface area contributed by atoms with E-state index in [1.165, 1.54) is 7.11 Å². The van der Waals surface area contributed by atoms with Gasteiger partial charge in [-0.1, -0.05) is 11.6 Å². The number of benzene rings is 1. The van der Waals surface area contributed by atoms with E-state index in [0.29, 0.717) is 22.8 Å². The first-order valence-electron chi connectivity index (χ1n) is 5.77. The zero-order chi connectivity index (χ0) is 13.8. The lowest BCUT2D eigenvalue weighted by Crippen LogP contribution is -2.08. The molecule has 0 bridgehead atoms. The summed E-state index contributed by atoms with van der Waals surface area (Å²) in [5.41, 5.74) is 1.06. The molecule has 0 spiro atoms. The number of hydrogen-bond acceptors (Lipinski definition) is 4. The van der Waals surface area contributed by atoms with Crippen molar-refractivity contribution in [3.05, 3.63) is 52.4 Å². The molecule has 1 N–H and O–H groups in total. The molecule has 1 aromatic carbocycles. The fourth-order valence-corrected chi connectivity index (χ4v) is 1.88. The van der Waals surface area contributed by atoms with Crippen molar-refractivity contribution in [2.75, 3.05) is 12.4 Å². The molecule has 5 heteroatoms. The third-order valence-corrected chi connectivity index (χ3v) is 2.87. The molecule has 0 saturated carbocycles. The van der Waals surface area contributed by atoms with E-state index in [9.17, 15) is 4.79 Å². The van der Waals surface area contributed by atoms with E-state index in [4.69, 9.17) is 20.8 Å². The first-order chi connectivity index (χ1) is 9.10. The first-order valence-corrected chi connectivity index (χ1v) is 6.15. The van der Waals surface area contributed by atoms with Gasteiger partial charge in [0.25, 0.3) is 0 Å². The molecule has 0 unspecified atom stereocenters. The average molecular weight is 280 g/mol. The fraction of sp³-hybridized carbons (Fsp3) is 0.214. The van der Waals surface area contributed by atoms with Crippen molar-refractivity contribution in [2.45, 2.75) is 13.5 Å². The quantitative estimate of drug-likeness (QED) is 0.868. The fourth-order valence-electron chi connectivity index (χ4n) is 1.71. The zero-order valence-corrected chi connectivity index (χ0v) is 11.5. The molecule has 1 heterocycles. The maximum absolute atomic E-state index is 11.7. The van der Waals surface area contributed by atoms with E-state index in [2.05, 4.69) is 5.32 Å². The van der Waals surface area contributed by atoms with Crippen LogP contribution in [0.1, 0.15) is 21.9 Å². The van der Waals surface area contributed by atoms with Crippen LogP contribution in [-0.4, -0.2) is 13.1 Å². The molecule has 4 nitrogen and oxygen atoms in total. The van der Waals surface area contributed by atoms with Crippen molar-refractivity contribution in [1.29, 1.82) is 0 Å². The number of nitrogens with one attached hydrogen (secondary N) is 1. The van der Waals surface area contributed by atoms with Crippen LogP contribution in [0.4, 0.5) is 5.69 Å². The zero-order valence-electron chi connectivity index (χ0n) is 10.7. The van der Waals surface area contributed by atoms with Gasteiger partial charge in [-0.25, -0.2) is 4.79 Å². The van der Waals surface area contributed by atoms with Gasteiger partial charge in [0, 0.05) is 10.7 Å². The lowest BCUT2D eigenvalue weighted by atomic mass is 10.1. The molecule has 19 heavy (non-hydrogen) atoms. The van der Waals surface area contributed by atoms with Crippen LogP contribution in [0.2, 0.25) is 5.02 Å². The average Bonchev–Trinajstić information content (AvgIpc) is 2.82. The smallest absolute Gasteiger partial charge is 0.340 e. The molecule has 2 aromatic rings. The second-order valence-corrected chi connectivity index (χ2v) is 4.48. The summed E-state index contributed by atoms with van der Waals surface area (Å²) in [5, 5.41) is 3.62. The third kappa shape index (κ3) is 3.29. The molecule has 0 aliphatic rings. The van der Waals surface area contributed by atoms with Crippen LogP contribution in [0.3, 0.4) is 0 Å². The van der Waals surface area contributed by atoms with E-state index >= 15 is 0 Å². The van der Waals surface area contributed by atoms with E-state index in [1.807, 2.05) is 19.1 Å². The molecular weight excluding hydrogens is 266 g/mol. The van der Waals surface area contributed by atoms with Gasteiger partial charge in [0.1, 0.15) is 11.5 Å². The molecule has 0 atom stereocenters. The Kier molecular flexibility index (Phi) is 4.12. The number of furan rings is 1. The monoisotopic (exact) mass is 279 g/mol. The Morgan fingerprint density at radius 2 is 2.16 bits per heavy atom. The minimum absolute atomic E-state index is 0.401. The van der Waals surface area contributed by atoms with Crippen LogP contribution in [0.25, 0.3) is 0 Å². The summed E-state index contributed by atoms with van der Waals surface area (Å²) in [6, 6.07) is 8.80. The standard InChI is InChI=1S/C14H14ClNO3/c1-9-3-5-11(19-9)8-16-13-6-4-10(15)7-12(13)14(17)18-2/h3-7,16H,8H2,1-2H3. The van der Waals surface area contributed by atoms with Gasteiger partial charge in [0.05, 0.1) is 19.2 Å². The van der Waals surface area contributed by atoms with Gasteiger partial charge >= 0.3 is 5.97 Å². The minimum atomic E-state index is -0.430. The maximum atomic E-state index is 11.7. The van der Waals surface area contributed by atoms with Crippen molar-refractivity contribution in [3.63, 3.8) is 0 Å². The highest BCUT2D eigenvalue weighted by Gasteiger charge is 2.12. The Morgan fingerprint density at radius 1 is 1.37 bits per heavy atom. The minimum Gasteiger partial charge on any atom is -0.465 e. The van der Waals surface area contributed by atoms with Crippen LogP contribution in [0.5, 0.6) is 0 Å². The van der Waals surface area contributed by atoms with Crippen molar-refractivity contribution in [1.82, 2.24) is 0 Å². The molecule has 0 saturated heterocycles. The molecule has 100 valence electrons. The van der Waals surface area contributed by atoms with Crippen molar-refractivity contribution < 1.29 is 13.9 Å². The number of ether oxygens (including phenoxy) is 1. The number of halogens is 1. The number of rotatable bonds is 4. The van der Waals surface area contributed by atoms with Crippen molar-refractivity contribution >= 4 is 23.3 Å². The summed E-state index contributed by atoms with van der Waals surface area (Å²) in [7, 11) is 1.34. The topological polar surface area (TPSA) is 51.5 Å². The van der Waals surface area contributed by atoms with Gasteiger partial charge in [-0.05, 0) is 37.3 Å². The number of aryl methyl sites for hydroxylation is 1. The predicted octanol–water partition coefficient (Wildman–Crippen LogP) is 3.64. The number of carbonyl (C=O) groups is 1. The van der Waals surface area contributed by atoms with E-state index in [-0.39, 0.29) is 0 Å². The molecule has 2 rings (SSSR count). The number of esters is 1. The summed E-state index contributed by atoms with van der Waals surface area (Å²) in [6.45, 7) is 2.37. The van der Waals surface area contributed by atoms with Gasteiger partial charge in [-0.15, -0.1) is 0 Å². The number of anilines is 1. The summed E-state index contributed by atoms with van der Waals surface area (Å²) in [4.78, 5) is 11.7. The molecule has 0 amide bonds. The van der Waals surface area contributed by atoms with E-state index in [1.54, 1.807) is 18.2 Å². The maximum Gasteiger partial charge on any atom is 0.340 e. The number of methoxy groups -OCH3 is 1. The molecule has 0 aliphatic heterocycles. The summed E-state index contributed by atoms with van der Waals surface area (Å²) >= 11 is 5.88. The van der Waals surface area contributed by atoms with Crippen LogP contribution in [0.15, 0.2) is 34.7 Å². The normalized spacial score (nSPS) is 10.3. The number of carbonyl (C=O) groups excluding carboxylic acids is 1.